The molecule has 0 radical (unpaired) electrons. The van der Waals surface area contributed by atoms with Gasteiger partial charge in [0.15, 0.2) is 11.5 Å². The van der Waals surface area contributed by atoms with Crippen LogP contribution < -0.4 is 14.8 Å². The maximum Gasteiger partial charge on any atom is 0.329 e. The van der Waals surface area contributed by atoms with Crippen molar-refractivity contribution in [2.45, 2.75) is 20.1 Å². The van der Waals surface area contributed by atoms with Gasteiger partial charge in [-0.1, -0.05) is 47.5 Å². The van der Waals surface area contributed by atoms with Crippen molar-refractivity contribution in [3.05, 3.63) is 98.9 Å². The van der Waals surface area contributed by atoms with Gasteiger partial charge in [-0.25, -0.2) is 9.18 Å². The van der Waals surface area contributed by atoms with E-state index in [0.717, 1.165) is 10.5 Å². The van der Waals surface area contributed by atoms with Gasteiger partial charge in [0.05, 0.1) is 23.2 Å². The van der Waals surface area contributed by atoms with E-state index in [1.165, 1.54) is 24.3 Å². The fraction of sp³-hybridized carbons (Fsp3) is 0.154. The molecule has 1 aliphatic heterocycles. The minimum absolute atomic E-state index is 0.0357. The van der Waals surface area contributed by atoms with Gasteiger partial charge in [-0.15, -0.1) is 0 Å². The van der Waals surface area contributed by atoms with E-state index in [1.807, 2.05) is 13.0 Å². The lowest BCUT2D eigenvalue weighted by molar-refractivity contribution is -0.123. The second-order valence-corrected chi connectivity index (χ2v) is 8.50. The molecule has 1 aliphatic rings. The Hall–Kier alpha value is -3.55. The highest BCUT2D eigenvalue weighted by molar-refractivity contribution is 6.42. The highest BCUT2D eigenvalue weighted by Crippen LogP contribution is 2.31. The summed E-state index contributed by atoms with van der Waals surface area (Å²) in [6, 6.07) is 15.5. The van der Waals surface area contributed by atoms with Crippen molar-refractivity contribution in [3.8, 4) is 11.5 Å². The molecule has 4 rings (SSSR count). The number of hydrogen-bond acceptors (Lipinski definition) is 4. The molecule has 6 nitrogen and oxygen atoms in total. The largest absolute Gasteiger partial charge is 0.490 e. The molecule has 9 heteroatoms. The van der Waals surface area contributed by atoms with Crippen LogP contribution in [0.3, 0.4) is 0 Å². The van der Waals surface area contributed by atoms with Crippen LogP contribution in [0.2, 0.25) is 10.0 Å². The first-order valence-electron chi connectivity index (χ1n) is 10.8. The van der Waals surface area contributed by atoms with Gasteiger partial charge in [0.2, 0.25) is 0 Å². The Bertz CT molecular complexity index is 1300. The summed E-state index contributed by atoms with van der Waals surface area (Å²) in [5.41, 5.74) is 2.25. The van der Waals surface area contributed by atoms with Gasteiger partial charge in [-0.05, 0) is 66.1 Å². The van der Waals surface area contributed by atoms with Crippen molar-refractivity contribution in [2.24, 2.45) is 0 Å². The number of rotatable bonds is 8. The molecule has 1 fully saturated rings. The fourth-order valence-electron chi connectivity index (χ4n) is 3.45. The summed E-state index contributed by atoms with van der Waals surface area (Å²) in [5.74, 6) is 0.139. The summed E-state index contributed by atoms with van der Waals surface area (Å²) in [6.45, 7) is 2.55. The average molecular weight is 515 g/mol. The third kappa shape index (κ3) is 5.93. The van der Waals surface area contributed by atoms with Crippen LogP contribution in [0.4, 0.5) is 9.18 Å². The third-order valence-corrected chi connectivity index (χ3v) is 5.91. The van der Waals surface area contributed by atoms with Gasteiger partial charge in [-0.2, -0.15) is 0 Å². The van der Waals surface area contributed by atoms with Crippen molar-refractivity contribution in [1.29, 1.82) is 0 Å². The van der Waals surface area contributed by atoms with Crippen LogP contribution in [0, 0.1) is 5.82 Å². The van der Waals surface area contributed by atoms with Crippen molar-refractivity contribution >= 4 is 41.2 Å². The molecular weight excluding hydrogens is 494 g/mol. The minimum Gasteiger partial charge on any atom is -0.490 e. The summed E-state index contributed by atoms with van der Waals surface area (Å²) in [6.07, 6.45) is 1.57. The van der Waals surface area contributed by atoms with Crippen LogP contribution in [-0.4, -0.2) is 23.4 Å². The van der Waals surface area contributed by atoms with E-state index >= 15 is 0 Å². The monoisotopic (exact) mass is 514 g/mol. The first-order chi connectivity index (χ1) is 16.8. The van der Waals surface area contributed by atoms with Crippen molar-refractivity contribution in [3.63, 3.8) is 0 Å². The number of amides is 3. The lowest BCUT2D eigenvalue weighted by Crippen LogP contribution is -2.30. The average Bonchev–Trinajstić information content (AvgIpc) is 3.09. The molecule has 0 bridgehead atoms. The fourth-order valence-corrected chi connectivity index (χ4v) is 3.77. The second-order valence-electron chi connectivity index (χ2n) is 7.68. The number of nitrogens with zero attached hydrogens (tertiary/aromatic N) is 1. The van der Waals surface area contributed by atoms with Crippen LogP contribution in [-0.2, 0) is 17.9 Å². The predicted molar refractivity (Wildman–Crippen MR) is 132 cm³/mol. The molecule has 0 saturated carbocycles. The third-order valence-electron chi connectivity index (χ3n) is 5.17. The molecular formula is C26H21Cl2FN2O4. The predicted octanol–water partition coefficient (Wildman–Crippen LogP) is 6.20. The topological polar surface area (TPSA) is 67.9 Å². The number of ether oxygens (including phenoxy) is 2. The Morgan fingerprint density at radius 3 is 2.37 bits per heavy atom. The zero-order valence-electron chi connectivity index (χ0n) is 18.7. The molecule has 1 N–H and O–H groups in total. The number of urea groups is 1. The molecule has 180 valence electrons. The Kier molecular flexibility index (Phi) is 7.58. The van der Waals surface area contributed by atoms with Crippen LogP contribution in [0.15, 0.2) is 66.4 Å². The maximum absolute atomic E-state index is 13.1. The molecule has 0 aliphatic carbocycles. The van der Waals surface area contributed by atoms with Crippen molar-refractivity contribution in [1.82, 2.24) is 10.2 Å². The van der Waals surface area contributed by atoms with Gasteiger partial charge in [0.1, 0.15) is 18.1 Å². The molecule has 0 atom stereocenters. The number of carbonyl (C=O) groups excluding carboxylic acids is 2. The lowest BCUT2D eigenvalue weighted by Gasteiger charge is -2.13. The number of imide groups is 1. The van der Waals surface area contributed by atoms with Gasteiger partial charge in [0.25, 0.3) is 5.91 Å². The Balaban J connectivity index is 1.50. The lowest BCUT2D eigenvalue weighted by atomic mass is 10.1. The van der Waals surface area contributed by atoms with Crippen LogP contribution in [0.5, 0.6) is 11.5 Å². The number of hydrogen-bond donors (Lipinski definition) is 1. The van der Waals surface area contributed by atoms with Gasteiger partial charge < -0.3 is 14.8 Å². The molecule has 0 aromatic heterocycles. The van der Waals surface area contributed by atoms with Crippen molar-refractivity contribution < 1.29 is 23.5 Å². The SMILES string of the molecule is CCOc1cc(/C=C2/NC(=O)N(Cc3ccc(F)cc3)C2=O)ccc1OCc1ccc(Cl)c(Cl)c1. The van der Waals surface area contributed by atoms with Crippen LogP contribution >= 0.6 is 23.2 Å². The quantitative estimate of drug-likeness (QED) is 0.287. The Labute approximate surface area is 211 Å². The Morgan fingerprint density at radius 2 is 1.66 bits per heavy atom. The van der Waals surface area contributed by atoms with Crippen LogP contribution in [0.1, 0.15) is 23.6 Å². The van der Waals surface area contributed by atoms with Gasteiger partial charge in [-0.3, -0.25) is 9.69 Å². The number of halogens is 3. The molecule has 0 spiro atoms. The highest BCUT2D eigenvalue weighted by Gasteiger charge is 2.33. The summed E-state index contributed by atoms with van der Waals surface area (Å²) >= 11 is 12.0. The maximum atomic E-state index is 13.1. The van der Waals surface area contributed by atoms with E-state index in [1.54, 1.807) is 36.4 Å². The summed E-state index contributed by atoms with van der Waals surface area (Å²) in [7, 11) is 0. The molecule has 1 heterocycles. The smallest absolute Gasteiger partial charge is 0.329 e. The van der Waals surface area contributed by atoms with E-state index in [4.69, 9.17) is 32.7 Å². The first kappa shape index (κ1) is 24.6. The number of carbonyl (C=O) groups is 2. The van der Waals surface area contributed by atoms with E-state index in [0.29, 0.717) is 39.3 Å². The number of benzene rings is 3. The van der Waals surface area contributed by atoms with Crippen LogP contribution in [0.25, 0.3) is 6.08 Å². The summed E-state index contributed by atoms with van der Waals surface area (Å²) in [5, 5.41) is 3.49. The van der Waals surface area contributed by atoms with E-state index in [-0.39, 0.29) is 24.7 Å². The zero-order chi connectivity index (χ0) is 24.9. The minimum atomic E-state index is -0.544. The first-order valence-corrected chi connectivity index (χ1v) is 11.5. The van der Waals surface area contributed by atoms with E-state index in [2.05, 4.69) is 5.32 Å². The van der Waals surface area contributed by atoms with Crippen molar-refractivity contribution in [2.75, 3.05) is 6.61 Å². The molecule has 35 heavy (non-hydrogen) atoms. The summed E-state index contributed by atoms with van der Waals surface area (Å²) < 4.78 is 24.8. The number of nitrogens with one attached hydrogen (secondary N) is 1. The van der Waals surface area contributed by atoms with Gasteiger partial charge in [0, 0.05) is 0 Å². The molecule has 3 amide bonds. The standard InChI is InChI=1S/C26H21Cl2FN2O4/c1-2-34-24-13-17(6-10-23(24)35-15-18-5-9-20(27)21(28)11-18)12-22-25(32)31(26(33)30-22)14-16-3-7-19(29)8-4-16/h3-13H,2,14-15H2,1H3,(H,30,33)/b22-12+. The van der Waals surface area contributed by atoms with E-state index < -0.39 is 11.9 Å². The van der Waals surface area contributed by atoms with Gasteiger partial charge >= 0.3 is 6.03 Å². The Morgan fingerprint density at radius 1 is 0.914 bits per heavy atom. The highest BCUT2D eigenvalue weighted by atomic mass is 35.5. The normalized spacial score (nSPS) is 14.4. The molecule has 3 aromatic rings. The zero-order valence-corrected chi connectivity index (χ0v) is 20.2. The summed E-state index contributed by atoms with van der Waals surface area (Å²) in [4.78, 5) is 26.2. The molecule has 0 unspecified atom stereocenters. The van der Waals surface area contributed by atoms with E-state index in [9.17, 15) is 14.0 Å². The molecule has 1 saturated heterocycles. The molecule has 3 aromatic carbocycles. The second kappa shape index (κ2) is 10.8.